The molecule has 0 radical (unpaired) electrons. The largest absolute Gasteiger partial charge is 0.339 e. The molecule has 4 nitrogen and oxygen atoms in total. The van der Waals surface area contributed by atoms with Gasteiger partial charge < -0.3 is 4.90 Å². The molecule has 1 aliphatic heterocycles. The highest BCUT2D eigenvalue weighted by Crippen LogP contribution is 2.24. The van der Waals surface area contributed by atoms with Crippen LogP contribution in [0, 0.1) is 0 Å². The Balaban J connectivity index is 1.63. The van der Waals surface area contributed by atoms with Crippen molar-refractivity contribution in [1.29, 1.82) is 0 Å². The van der Waals surface area contributed by atoms with Gasteiger partial charge in [-0.25, -0.2) is 8.42 Å². The third-order valence-electron chi connectivity index (χ3n) is 4.55. The molecule has 0 aliphatic carbocycles. The van der Waals surface area contributed by atoms with Crippen molar-refractivity contribution in [3.63, 3.8) is 0 Å². The van der Waals surface area contributed by atoms with E-state index in [2.05, 4.69) is 15.9 Å². The second-order valence-corrected chi connectivity index (χ2v) is 9.40. The Morgan fingerprint density at radius 2 is 1.60 bits per heavy atom. The van der Waals surface area contributed by atoms with E-state index < -0.39 is 9.84 Å². The summed E-state index contributed by atoms with van der Waals surface area (Å²) >= 11 is 3.40. The van der Waals surface area contributed by atoms with Crippen molar-refractivity contribution in [2.45, 2.75) is 23.8 Å². The van der Waals surface area contributed by atoms with Gasteiger partial charge >= 0.3 is 0 Å². The molecule has 1 amide bonds. The molecule has 0 N–H and O–H groups in total. The number of carbonyl (C=O) groups excluding carboxylic acids is 1. The number of nitrogens with zero attached hydrogens (tertiary/aromatic N) is 1. The van der Waals surface area contributed by atoms with Gasteiger partial charge in [0.1, 0.15) is 0 Å². The number of piperidine rings is 1. The SMILES string of the molecule is O=C(c1ccccc1Br)N1CCC(S(=O)(=O)Cc2ccccc2)CC1. The summed E-state index contributed by atoms with van der Waals surface area (Å²) < 4.78 is 26.1. The van der Waals surface area contributed by atoms with Gasteiger partial charge in [0.2, 0.25) is 0 Å². The molecule has 3 rings (SSSR count). The molecular weight excluding hydrogens is 402 g/mol. The molecule has 0 atom stereocenters. The predicted octanol–water partition coefficient (Wildman–Crippen LogP) is 3.67. The van der Waals surface area contributed by atoms with E-state index in [0.29, 0.717) is 31.5 Å². The number of carbonyl (C=O) groups is 1. The van der Waals surface area contributed by atoms with Crippen molar-refractivity contribution in [2.24, 2.45) is 0 Å². The minimum Gasteiger partial charge on any atom is -0.339 e. The van der Waals surface area contributed by atoms with Gasteiger partial charge in [-0.3, -0.25) is 4.79 Å². The zero-order valence-corrected chi connectivity index (χ0v) is 16.2. The Bertz CT molecular complexity index is 844. The van der Waals surface area contributed by atoms with Crippen LogP contribution in [0.4, 0.5) is 0 Å². The van der Waals surface area contributed by atoms with Gasteiger partial charge in [-0.1, -0.05) is 42.5 Å². The van der Waals surface area contributed by atoms with Crippen molar-refractivity contribution in [3.8, 4) is 0 Å². The van der Waals surface area contributed by atoms with Crippen LogP contribution in [0.5, 0.6) is 0 Å². The number of likely N-dealkylation sites (tertiary alicyclic amines) is 1. The fourth-order valence-corrected chi connectivity index (χ4v) is 5.42. The summed E-state index contributed by atoms with van der Waals surface area (Å²) in [5.74, 6) is 0.0165. The number of sulfone groups is 1. The molecular formula is C19H20BrNO3S. The number of halogens is 1. The number of rotatable bonds is 4. The van der Waals surface area contributed by atoms with Crippen LogP contribution >= 0.6 is 15.9 Å². The van der Waals surface area contributed by atoms with E-state index in [-0.39, 0.29) is 16.9 Å². The zero-order valence-electron chi connectivity index (χ0n) is 13.8. The van der Waals surface area contributed by atoms with Crippen LogP contribution in [-0.2, 0) is 15.6 Å². The molecule has 1 fully saturated rings. The van der Waals surface area contributed by atoms with Gasteiger partial charge in [0.25, 0.3) is 5.91 Å². The van der Waals surface area contributed by atoms with Crippen LogP contribution in [0.25, 0.3) is 0 Å². The van der Waals surface area contributed by atoms with E-state index in [1.807, 2.05) is 48.5 Å². The number of hydrogen-bond donors (Lipinski definition) is 0. The molecule has 1 aliphatic rings. The first-order valence-corrected chi connectivity index (χ1v) is 10.8. The van der Waals surface area contributed by atoms with E-state index in [9.17, 15) is 13.2 Å². The Hall–Kier alpha value is -1.66. The maximum absolute atomic E-state index is 12.6. The van der Waals surface area contributed by atoms with E-state index in [1.165, 1.54) is 0 Å². The summed E-state index contributed by atoms with van der Waals surface area (Å²) in [6.45, 7) is 0.942. The minimum atomic E-state index is -3.21. The normalized spacial score (nSPS) is 16.0. The van der Waals surface area contributed by atoms with Crippen molar-refractivity contribution >= 4 is 31.7 Å². The molecule has 2 aromatic rings. The van der Waals surface area contributed by atoms with Gasteiger partial charge in [0, 0.05) is 17.6 Å². The summed E-state index contributed by atoms with van der Waals surface area (Å²) in [4.78, 5) is 14.4. The second-order valence-electron chi connectivity index (χ2n) is 6.26. The molecule has 132 valence electrons. The number of amides is 1. The average molecular weight is 422 g/mol. The van der Waals surface area contributed by atoms with Gasteiger partial charge in [-0.2, -0.15) is 0 Å². The molecule has 1 saturated heterocycles. The molecule has 0 bridgehead atoms. The monoisotopic (exact) mass is 421 g/mol. The van der Waals surface area contributed by atoms with Gasteiger partial charge in [0.05, 0.1) is 16.6 Å². The van der Waals surface area contributed by atoms with Crippen LogP contribution in [0.3, 0.4) is 0 Å². The molecule has 2 aromatic carbocycles. The highest BCUT2D eigenvalue weighted by molar-refractivity contribution is 9.10. The van der Waals surface area contributed by atoms with Crippen LogP contribution in [0.15, 0.2) is 59.1 Å². The summed E-state index contributed by atoms with van der Waals surface area (Å²) in [7, 11) is -3.21. The average Bonchev–Trinajstić information content (AvgIpc) is 2.62. The zero-order chi connectivity index (χ0) is 17.9. The fraction of sp³-hybridized carbons (Fsp3) is 0.316. The Kier molecular flexibility index (Phi) is 5.59. The summed E-state index contributed by atoms with van der Waals surface area (Å²) in [5, 5.41) is -0.379. The molecule has 6 heteroatoms. The van der Waals surface area contributed by atoms with Gasteiger partial charge in [-0.05, 0) is 46.5 Å². The topological polar surface area (TPSA) is 54.5 Å². The van der Waals surface area contributed by atoms with E-state index in [1.54, 1.807) is 11.0 Å². The molecule has 25 heavy (non-hydrogen) atoms. The Morgan fingerprint density at radius 1 is 1.00 bits per heavy atom. The number of hydrogen-bond acceptors (Lipinski definition) is 3. The van der Waals surface area contributed by atoms with Crippen LogP contribution in [-0.4, -0.2) is 37.6 Å². The molecule has 0 unspecified atom stereocenters. The Labute approximate surface area is 156 Å². The standard InChI is InChI=1S/C19H20BrNO3S/c20-18-9-5-4-8-17(18)19(22)21-12-10-16(11-13-21)25(23,24)14-15-6-2-1-3-7-15/h1-9,16H,10-14H2. The highest BCUT2D eigenvalue weighted by atomic mass is 79.9. The summed E-state index contributed by atoms with van der Waals surface area (Å²) in [5.41, 5.74) is 1.43. The van der Waals surface area contributed by atoms with Crippen LogP contribution in [0.2, 0.25) is 0 Å². The maximum atomic E-state index is 12.6. The van der Waals surface area contributed by atoms with Gasteiger partial charge in [-0.15, -0.1) is 0 Å². The predicted molar refractivity (Wildman–Crippen MR) is 102 cm³/mol. The van der Waals surface area contributed by atoms with Crippen molar-refractivity contribution in [2.75, 3.05) is 13.1 Å². The Morgan fingerprint density at radius 3 is 2.24 bits per heavy atom. The van der Waals surface area contributed by atoms with Crippen LogP contribution in [0.1, 0.15) is 28.8 Å². The summed E-state index contributed by atoms with van der Waals surface area (Å²) in [6, 6.07) is 16.6. The van der Waals surface area contributed by atoms with Crippen molar-refractivity contribution in [1.82, 2.24) is 4.90 Å². The summed E-state index contributed by atoms with van der Waals surface area (Å²) in [6.07, 6.45) is 0.983. The quantitative estimate of drug-likeness (QED) is 0.756. The van der Waals surface area contributed by atoms with Gasteiger partial charge in [0.15, 0.2) is 9.84 Å². The third kappa shape index (κ3) is 4.30. The van der Waals surface area contributed by atoms with Crippen molar-refractivity contribution < 1.29 is 13.2 Å². The lowest BCUT2D eigenvalue weighted by molar-refractivity contribution is 0.0724. The molecule has 0 spiro atoms. The molecule has 0 saturated carbocycles. The number of benzene rings is 2. The lowest BCUT2D eigenvalue weighted by Crippen LogP contribution is -2.42. The second kappa shape index (κ2) is 7.70. The molecule has 0 aromatic heterocycles. The first-order valence-electron chi connectivity index (χ1n) is 8.26. The van der Waals surface area contributed by atoms with E-state index >= 15 is 0 Å². The van der Waals surface area contributed by atoms with Crippen molar-refractivity contribution in [3.05, 3.63) is 70.2 Å². The van der Waals surface area contributed by atoms with E-state index in [4.69, 9.17) is 0 Å². The maximum Gasteiger partial charge on any atom is 0.254 e. The first-order chi connectivity index (χ1) is 12.0. The third-order valence-corrected chi connectivity index (χ3v) is 7.47. The minimum absolute atomic E-state index is 0.0496. The smallest absolute Gasteiger partial charge is 0.254 e. The first kappa shape index (κ1) is 18.1. The highest BCUT2D eigenvalue weighted by Gasteiger charge is 2.32. The van der Waals surface area contributed by atoms with Crippen LogP contribution < -0.4 is 0 Å². The fourth-order valence-electron chi connectivity index (χ4n) is 3.15. The molecule has 1 heterocycles. The lowest BCUT2D eigenvalue weighted by Gasteiger charge is -2.32. The lowest BCUT2D eigenvalue weighted by atomic mass is 10.1. The van der Waals surface area contributed by atoms with E-state index in [0.717, 1.165) is 10.0 Å².